The molecule has 0 aliphatic carbocycles. The van der Waals surface area contributed by atoms with Crippen LogP contribution in [0.4, 0.5) is 0 Å². The third-order valence-corrected chi connectivity index (χ3v) is 3.47. The molecule has 0 unspecified atom stereocenters. The van der Waals surface area contributed by atoms with Crippen molar-refractivity contribution in [3.05, 3.63) is 77.9 Å². The molecule has 0 fully saturated rings. The number of benzene rings is 3. The summed E-state index contributed by atoms with van der Waals surface area (Å²) in [6, 6.07) is 20.4. The molecule has 0 radical (unpaired) electrons. The Morgan fingerprint density at radius 1 is 0.905 bits per heavy atom. The molecule has 104 valence electrons. The van der Waals surface area contributed by atoms with Crippen LogP contribution in [0.3, 0.4) is 0 Å². The molecule has 0 saturated heterocycles. The van der Waals surface area contributed by atoms with E-state index in [1.807, 2.05) is 48.5 Å². The van der Waals surface area contributed by atoms with Crippen LogP contribution in [0.15, 0.2) is 66.7 Å². The lowest BCUT2D eigenvalue weighted by atomic mass is 10.0. The average molecular weight is 277 g/mol. The summed E-state index contributed by atoms with van der Waals surface area (Å²) in [7, 11) is 0. The lowest BCUT2D eigenvalue weighted by Gasteiger charge is -2.09. The van der Waals surface area contributed by atoms with Crippen molar-refractivity contribution in [1.29, 1.82) is 0 Å². The Balaban J connectivity index is 1.83. The first-order chi connectivity index (χ1) is 10.3. The van der Waals surface area contributed by atoms with Gasteiger partial charge in [-0.15, -0.1) is 0 Å². The van der Waals surface area contributed by atoms with Gasteiger partial charge in [-0.3, -0.25) is 4.79 Å². The molecule has 1 amide bonds. The number of hydrogen-bond acceptors (Lipinski definition) is 2. The van der Waals surface area contributed by atoms with Crippen molar-refractivity contribution in [3.63, 3.8) is 0 Å². The van der Waals surface area contributed by atoms with E-state index in [9.17, 15) is 9.90 Å². The zero-order valence-corrected chi connectivity index (χ0v) is 11.4. The predicted octanol–water partition coefficient (Wildman–Crippen LogP) is 3.48. The number of phenols is 1. The van der Waals surface area contributed by atoms with Gasteiger partial charge in [0.1, 0.15) is 5.75 Å². The number of carbonyl (C=O) groups is 1. The van der Waals surface area contributed by atoms with Gasteiger partial charge in [-0.05, 0) is 22.9 Å². The number of para-hydroxylation sites is 1. The summed E-state index contributed by atoms with van der Waals surface area (Å²) in [6.45, 7) is 0.300. The van der Waals surface area contributed by atoms with Gasteiger partial charge in [-0.1, -0.05) is 54.6 Å². The fourth-order valence-electron chi connectivity index (χ4n) is 2.35. The van der Waals surface area contributed by atoms with Crippen LogP contribution in [0.1, 0.15) is 15.9 Å². The van der Waals surface area contributed by atoms with E-state index in [1.165, 1.54) is 0 Å². The Hall–Kier alpha value is -2.81. The van der Waals surface area contributed by atoms with Gasteiger partial charge < -0.3 is 10.4 Å². The molecule has 21 heavy (non-hydrogen) atoms. The molecule has 3 aromatic carbocycles. The average Bonchev–Trinajstić information content (AvgIpc) is 2.53. The second-order valence-electron chi connectivity index (χ2n) is 4.84. The van der Waals surface area contributed by atoms with E-state index in [2.05, 4.69) is 5.32 Å². The van der Waals surface area contributed by atoms with E-state index in [1.54, 1.807) is 18.2 Å². The smallest absolute Gasteiger partial charge is 0.252 e. The first-order valence-electron chi connectivity index (χ1n) is 6.78. The van der Waals surface area contributed by atoms with E-state index in [-0.39, 0.29) is 11.7 Å². The fourth-order valence-corrected chi connectivity index (χ4v) is 2.35. The molecule has 3 rings (SSSR count). The van der Waals surface area contributed by atoms with Crippen molar-refractivity contribution in [1.82, 2.24) is 5.32 Å². The number of phenolic OH excluding ortho intramolecular Hbond substituents is 1. The summed E-state index contributed by atoms with van der Waals surface area (Å²) < 4.78 is 0. The summed E-state index contributed by atoms with van der Waals surface area (Å²) in [5, 5.41) is 14.5. The van der Waals surface area contributed by atoms with Crippen molar-refractivity contribution in [2.45, 2.75) is 6.54 Å². The molecule has 3 heteroatoms. The Kier molecular flexibility index (Phi) is 3.56. The molecule has 3 aromatic rings. The third kappa shape index (κ3) is 2.72. The minimum absolute atomic E-state index is 0.143. The van der Waals surface area contributed by atoms with Gasteiger partial charge in [0.2, 0.25) is 0 Å². The number of fused-ring (bicyclic) bond motifs is 1. The van der Waals surface area contributed by atoms with Crippen molar-refractivity contribution in [2.24, 2.45) is 0 Å². The summed E-state index contributed by atoms with van der Waals surface area (Å²) in [5.74, 6) is 0.0470. The van der Waals surface area contributed by atoms with Crippen molar-refractivity contribution >= 4 is 16.7 Å². The van der Waals surface area contributed by atoms with Crippen molar-refractivity contribution in [2.75, 3.05) is 0 Å². The first kappa shape index (κ1) is 13.2. The molecule has 3 nitrogen and oxygen atoms in total. The van der Waals surface area contributed by atoms with E-state index in [0.717, 1.165) is 10.8 Å². The number of amides is 1. The molecule has 0 spiro atoms. The fraction of sp³-hybridized carbons (Fsp3) is 0.0556. The summed E-state index contributed by atoms with van der Waals surface area (Å²) in [5.41, 5.74) is 1.34. The maximum Gasteiger partial charge on any atom is 0.252 e. The standard InChI is InChI=1S/C18H15NO2/c20-17-11-4-2-7-14(17)12-19-18(21)16-10-5-8-13-6-1-3-9-15(13)16/h1-11,20H,12H2,(H,19,21). The topological polar surface area (TPSA) is 49.3 Å². The molecule has 0 atom stereocenters. The molecule has 0 heterocycles. The van der Waals surface area contributed by atoms with Gasteiger partial charge in [0.25, 0.3) is 5.91 Å². The lowest BCUT2D eigenvalue weighted by molar-refractivity contribution is 0.0952. The SMILES string of the molecule is O=C(NCc1ccccc1O)c1cccc2ccccc12. The second-order valence-corrected chi connectivity index (χ2v) is 4.84. The van der Waals surface area contributed by atoms with E-state index in [0.29, 0.717) is 17.7 Å². The molecular formula is C18H15NO2. The quantitative estimate of drug-likeness (QED) is 0.770. The molecule has 0 aliphatic heterocycles. The predicted molar refractivity (Wildman–Crippen MR) is 83.2 cm³/mol. The molecule has 2 N–H and O–H groups in total. The van der Waals surface area contributed by atoms with Gasteiger partial charge in [0, 0.05) is 17.7 Å². The van der Waals surface area contributed by atoms with Crippen LogP contribution in [0.25, 0.3) is 10.8 Å². The lowest BCUT2D eigenvalue weighted by Crippen LogP contribution is -2.23. The van der Waals surface area contributed by atoms with Crippen LogP contribution in [0, 0.1) is 0 Å². The Bertz CT molecular complexity index is 791. The Morgan fingerprint density at radius 3 is 2.48 bits per heavy atom. The van der Waals surface area contributed by atoms with E-state index in [4.69, 9.17) is 0 Å². The van der Waals surface area contributed by atoms with Gasteiger partial charge in [-0.25, -0.2) is 0 Å². The zero-order valence-electron chi connectivity index (χ0n) is 11.4. The molecule has 0 aromatic heterocycles. The third-order valence-electron chi connectivity index (χ3n) is 3.47. The number of nitrogens with one attached hydrogen (secondary N) is 1. The highest BCUT2D eigenvalue weighted by atomic mass is 16.3. The summed E-state index contributed by atoms with van der Waals surface area (Å²) in [4.78, 5) is 12.4. The second kappa shape index (κ2) is 5.67. The summed E-state index contributed by atoms with van der Waals surface area (Å²) in [6.07, 6.45) is 0. The molecule has 0 aliphatic rings. The largest absolute Gasteiger partial charge is 0.508 e. The van der Waals surface area contributed by atoms with Gasteiger partial charge in [0.15, 0.2) is 0 Å². The molecule has 0 saturated carbocycles. The number of carbonyl (C=O) groups excluding carboxylic acids is 1. The number of aromatic hydroxyl groups is 1. The highest BCUT2D eigenvalue weighted by Gasteiger charge is 2.10. The van der Waals surface area contributed by atoms with Crippen molar-refractivity contribution in [3.8, 4) is 5.75 Å². The first-order valence-corrected chi connectivity index (χ1v) is 6.78. The maximum absolute atomic E-state index is 12.4. The number of hydrogen-bond donors (Lipinski definition) is 2. The van der Waals surface area contributed by atoms with Gasteiger partial charge >= 0.3 is 0 Å². The zero-order chi connectivity index (χ0) is 14.7. The highest BCUT2D eigenvalue weighted by molar-refractivity contribution is 6.06. The van der Waals surface area contributed by atoms with Crippen LogP contribution >= 0.6 is 0 Å². The van der Waals surface area contributed by atoms with Crippen LogP contribution in [0.5, 0.6) is 5.75 Å². The van der Waals surface area contributed by atoms with Crippen molar-refractivity contribution < 1.29 is 9.90 Å². The molecule has 0 bridgehead atoms. The molecular weight excluding hydrogens is 262 g/mol. The van der Waals surface area contributed by atoms with Gasteiger partial charge in [-0.2, -0.15) is 0 Å². The Morgan fingerprint density at radius 2 is 1.62 bits per heavy atom. The minimum Gasteiger partial charge on any atom is -0.508 e. The Labute approximate surface area is 122 Å². The van der Waals surface area contributed by atoms with Crippen LogP contribution in [-0.4, -0.2) is 11.0 Å². The minimum atomic E-state index is -0.143. The van der Waals surface area contributed by atoms with Gasteiger partial charge in [0.05, 0.1) is 0 Å². The maximum atomic E-state index is 12.4. The van der Waals surface area contributed by atoms with E-state index >= 15 is 0 Å². The normalized spacial score (nSPS) is 10.5. The van der Waals surface area contributed by atoms with Crippen LogP contribution < -0.4 is 5.32 Å². The van der Waals surface area contributed by atoms with Crippen LogP contribution in [0.2, 0.25) is 0 Å². The van der Waals surface area contributed by atoms with E-state index < -0.39 is 0 Å². The number of rotatable bonds is 3. The highest BCUT2D eigenvalue weighted by Crippen LogP contribution is 2.19. The van der Waals surface area contributed by atoms with Crippen LogP contribution in [-0.2, 0) is 6.54 Å². The summed E-state index contributed by atoms with van der Waals surface area (Å²) >= 11 is 0. The monoisotopic (exact) mass is 277 g/mol.